The first kappa shape index (κ1) is 23.9. The Balaban J connectivity index is 1.56. The fourth-order valence-corrected chi connectivity index (χ4v) is 3.44. The Labute approximate surface area is 204 Å². The van der Waals surface area contributed by atoms with Crippen LogP contribution >= 0.6 is 39.1 Å². The minimum Gasteiger partial charge on any atom is -0.493 e. The van der Waals surface area contributed by atoms with E-state index in [-0.39, 0.29) is 12.5 Å². The largest absolute Gasteiger partial charge is 0.493 e. The fraction of sp³-hybridized carbons (Fsp3) is 0.130. The summed E-state index contributed by atoms with van der Waals surface area (Å²) in [5, 5.41) is 7.79. The molecule has 1 amide bonds. The van der Waals surface area contributed by atoms with Gasteiger partial charge in [-0.15, -0.1) is 0 Å². The van der Waals surface area contributed by atoms with Crippen LogP contribution in [0.3, 0.4) is 0 Å². The predicted molar refractivity (Wildman–Crippen MR) is 130 cm³/mol. The molecule has 0 aliphatic heterocycles. The maximum atomic E-state index is 11.9. The SMILES string of the molecule is COc1cc(/C=N/OCC(=O)Nc2ccc(Cl)cc2)cc(Br)c1OCc1ccc(Cl)cc1. The van der Waals surface area contributed by atoms with Crippen molar-refractivity contribution in [3.63, 3.8) is 0 Å². The van der Waals surface area contributed by atoms with E-state index in [0.717, 1.165) is 5.56 Å². The van der Waals surface area contributed by atoms with E-state index in [1.807, 2.05) is 24.3 Å². The Kier molecular flexibility index (Phi) is 8.79. The molecule has 0 unspecified atom stereocenters. The maximum absolute atomic E-state index is 11.9. The smallest absolute Gasteiger partial charge is 0.265 e. The molecule has 0 fully saturated rings. The summed E-state index contributed by atoms with van der Waals surface area (Å²) in [7, 11) is 1.55. The average molecular weight is 538 g/mol. The standard InChI is InChI=1S/C23H19BrCl2N2O4/c1-30-21-11-16(10-20(24)23(21)31-13-15-2-4-17(25)5-3-15)12-27-32-14-22(29)28-19-8-6-18(26)7-9-19/h2-12H,13-14H2,1H3,(H,28,29)/b27-12+. The van der Waals surface area contributed by atoms with Gasteiger partial charge in [-0.2, -0.15) is 0 Å². The number of amides is 1. The van der Waals surface area contributed by atoms with E-state index in [1.54, 1.807) is 43.5 Å². The average Bonchev–Trinajstić information content (AvgIpc) is 2.78. The number of ether oxygens (including phenoxy) is 2. The lowest BCUT2D eigenvalue weighted by Gasteiger charge is -2.13. The highest BCUT2D eigenvalue weighted by molar-refractivity contribution is 9.10. The molecule has 6 nitrogen and oxygen atoms in total. The lowest BCUT2D eigenvalue weighted by molar-refractivity contribution is -0.120. The Bertz CT molecular complexity index is 1090. The zero-order valence-corrected chi connectivity index (χ0v) is 20.1. The molecule has 0 aliphatic carbocycles. The molecule has 32 heavy (non-hydrogen) atoms. The number of carbonyl (C=O) groups excluding carboxylic acids is 1. The summed E-state index contributed by atoms with van der Waals surface area (Å²) >= 11 is 15.2. The Morgan fingerprint density at radius 3 is 2.38 bits per heavy atom. The van der Waals surface area contributed by atoms with Crippen LogP contribution in [0, 0.1) is 0 Å². The molecule has 0 bridgehead atoms. The van der Waals surface area contributed by atoms with Gasteiger partial charge in [0.2, 0.25) is 0 Å². The van der Waals surface area contributed by atoms with Crippen LogP contribution in [0.1, 0.15) is 11.1 Å². The van der Waals surface area contributed by atoms with Crippen LogP contribution in [0.5, 0.6) is 11.5 Å². The van der Waals surface area contributed by atoms with Gasteiger partial charge in [0.1, 0.15) is 6.61 Å². The summed E-state index contributed by atoms with van der Waals surface area (Å²) in [6.07, 6.45) is 1.48. The van der Waals surface area contributed by atoms with Crippen molar-refractivity contribution in [1.82, 2.24) is 0 Å². The summed E-state index contributed by atoms with van der Waals surface area (Å²) in [4.78, 5) is 17.0. The molecule has 0 saturated carbocycles. The maximum Gasteiger partial charge on any atom is 0.265 e. The van der Waals surface area contributed by atoms with Crippen LogP contribution in [-0.4, -0.2) is 25.8 Å². The monoisotopic (exact) mass is 536 g/mol. The zero-order chi connectivity index (χ0) is 22.9. The molecular formula is C23H19BrCl2N2O4. The highest BCUT2D eigenvalue weighted by Crippen LogP contribution is 2.37. The van der Waals surface area contributed by atoms with Crippen molar-refractivity contribution in [2.45, 2.75) is 6.61 Å². The number of halogens is 3. The van der Waals surface area contributed by atoms with E-state index >= 15 is 0 Å². The minimum atomic E-state index is -0.339. The van der Waals surface area contributed by atoms with Crippen molar-refractivity contribution in [3.8, 4) is 11.5 Å². The summed E-state index contributed by atoms with van der Waals surface area (Å²) < 4.78 is 12.0. The van der Waals surface area contributed by atoms with Crippen molar-refractivity contribution in [1.29, 1.82) is 0 Å². The summed E-state index contributed by atoms with van der Waals surface area (Å²) in [6, 6.07) is 17.7. The van der Waals surface area contributed by atoms with Crippen molar-refractivity contribution in [3.05, 3.63) is 86.3 Å². The highest BCUT2D eigenvalue weighted by atomic mass is 79.9. The number of benzene rings is 3. The van der Waals surface area contributed by atoms with E-state index in [4.69, 9.17) is 37.5 Å². The molecular weight excluding hydrogens is 519 g/mol. The Morgan fingerprint density at radius 1 is 1.06 bits per heavy atom. The number of rotatable bonds is 9. The van der Waals surface area contributed by atoms with Crippen LogP contribution in [0.25, 0.3) is 0 Å². The lowest BCUT2D eigenvalue weighted by atomic mass is 10.2. The highest BCUT2D eigenvalue weighted by Gasteiger charge is 2.12. The molecule has 0 saturated heterocycles. The van der Waals surface area contributed by atoms with Gasteiger partial charge in [0.15, 0.2) is 18.1 Å². The third-order valence-corrected chi connectivity index (χ3v) is 5.24. The van der Waals surface area contributed by atoms with E-state index < -0.39 is 0 Å². The van der Waals surface area contributed by atoms with Gasteiger partial charge in [0, 0.05) is 21.3 Å². The summed E-state index contributed by atoms with van der Waals surface area (Å²) in [5.74, 6) is 0.743. The molecule has 3 rings (SSSR count). The molecule has 0 spiro atoms. The van der Waals surface area contributed by atoms with Crippen molar-refractivity contribution >= 4 is 56.9 Å². The van der Waals surface area contributed by atoms with Crippen LogP contribution in [0.4, 0.5) is 5.69 Å². The lowest BCUT2D eigenvalue weighted by Crippen LogP contribution is -2.16. The van der Waals surface area contributed by atoms with Gasteiger partial charge >= 0.3 is 0 Å². The summed E-state index contributed by atoms with van der Waals surface area (Å²) in [5.41, 5.74) is 2.29. The molecule has 3 aromatic carbocycles. The molecule has 0 heterocycles. The number of nitrogens with zero attached hydrogens (tertiary/aromatic N) is 1. The van der Waals surface area contributed by atoms with Gasteiger partial charge in [-0.05, 0) is 70.0 Å². The Morgan fingerprint density at radius 2 is 1.72 bits per heavy atom. The van der Waals surface area contributed by atoms with Gasteiger partial charge in [-0.25, -0.2) is 0 Å². The number of oxime groups is 1. The predicted octanol–water partition coefficient (Wildman–Crippen LogP) is 6.33. The topological polar surface area (TPSA) is 69.2 Å². The number of hydrogen-bond acceptors (Lipinski definition) is 5. The van der Waals surface area contributed by atoms with Crippen LogP contribution < -0.4 is 14.8 Å². The number of nitrogens with one attached hydrogen (secondary N) is 1. The van der Waals surface area contributed by atoms with Gasteiger partial charge < -0.3 is 19.6 Å². The molecule has 9 heteroatoms. The van der Waals surface area contributed by atoms with Crippen LogP contribution in [0.15, 0.2) is 70.3 Å². The van der Waals surface area contributed by atoms with Gasteiger partial charge in [-0.1, -0.05) is 40.5 Å². The van der Waals surface area contributed by atoms with Crippen LogP contribution in [0.2, 0.25) is 10.0 Å². The first-order valence-electron chi connectivity index (χ1n) is 9.40. The van der Waals surface area contributed by atoms with Gasteiger partial charge in [-0.3, -0.25) is 4.79 Å². The van der Waals surface area contributed by atoms with E-state index in [1.165, 1.54) is 6.21 Å². The zero-order valence-electron chi connectivity index (χ0n) is 17.0. The van der Waals surface area contributed by atoms with E-state index in [0.29, 0.717) is 43.9 Å². The second-order valence-corrected chi connectivity index (χ2v) is 8.24. The normalized spacial score (nSPS) is 10.8. The third-order valence-electron chi connectivity index (χ3n) is 4.15. The first-order valence-corrected chi connectivity index (χ1v) is 10.9. The fourth-order valence-electron chi connectivity index (χ4n) is 2.61. The van der Waals surface area contributed by atoms with Crippen molar-refractivity contribution < 1.29 is 19.1 Å². The van der Waals surface area contributed by atoms with Gasteiger partial charge in [0.25, 0.3) is 5.91 Å². The second-order valence-electron chi connectivity index (χ2n) is 6.51. The van der Waals surface area contributed by atoms with E-state index in [9.17, 15) is 4.79 Å². The third kappa shape index (κ3) is 7.15. The number of carbonyl (C=O) groups is 1. The van der Waals surface area contributed by atoms with Crippen molar-refractivity contribution in [2.75, 3.05) is 19.0 Å². The first-order chi connectivity index (χ1) is 15.4. The molecule has 166 valence electrons. The number of anilines is 1. The second kappa shape index (κ2) is 11.8. The quantitative estimate of drug-likeness (QED) is 0.255. The Hall–Kier alpha value is -2.74. The molecule has 3 aromatic rings. The minimum absolute atomic E-state index is 0.236. The van der Waals surface area contributed by atoms with Gasteiger partial charge in [0.05, 0.1) is 17.8 Å². The van der Waals surface area contributed by atoms with E-state index in [2.05, 4.69) is 26.4 Å². The molecule has 0 aromatic heterocycles. The van der Waals surface area contributed by atoms with Crippen molar-refractivity contribution in [2.24, 2.45) is 5.16 Å². The molecule has 1 N–H and O–H groups in total. The molecule has 0 atom stereocenters. The molecule has 0 radical (unpaired) electrons. The number of hydrogen-bond donors (Lipinski definition) is 1. The summed E-state index contributed by atoms with van der Waals surface area (Å²) in [6.45, 7) is 0.116. The number of methoxy groups -OCH3 is 1. The molecule has 0 aliphatic rings. The van der Waals surface area contributed by atoms with Crippen LogP contribution in [-0.2, 0) is 16.2 Å².